The van der Waals surface area contributed by atoms with Crippen LogP contribution in [0, 0.1) is 0 Å². The smallest absolute Gasteiger partial charge is 0.407 e. The summed E-state index contributed by atoms with van der Waals surface area (Å²) in [4.78, 5) is 27.3. The number of nitrogens with zero attached hydrogens (tertiary/aromatic N) is 1. The van der Waals surface area contributed by atoms with Crippen molar-refractivity contribution in [1.82, 2.24) is 15.5 Å². The van der Waals surface area contributed by atoms with Gasteiger partial charge in [-0.1, -0.05) is 32.1 Å². The molecule has 6 heteroatoms. The second-order valence-electron chi connectivity index (χ2n) is 9.48. The fraction of sp³-hybridized carbons (Fsp3) is 0.905. The van der Waals surface area contributed by atoms with Crippen molar-refractivity contribution >= 4 is 12.0 Å². The number of nitrogens with one attached hydrogen (secondary N) is 2. The molecule has 0 radical (unpaired) electrons. The van der Waals surface area contributed by atoms with Crippen LogP contribution in [0.15, 0.2) is 0 Å². The maximum atomic E-state index is 12.9. The first-order valence-corrected chi connectivity index (χ1v) is 10.9. The molecule has 6 nitrogen and oxygen atoms in total. The van der Waals surface area contributed by atoms with Gasteiger partial charge in [0.25, 0.3) is 0 Å². The van der Waals surface area contributed by atoms with Crippen molar-refractivity contribution in [2.75, 3.05) is 6.54 Å². The molecule has 1 heterocycles. The summed E-state index contributed by atoms with van der Waals surface area (Å²) in [6, 6.07) is 0.523. The fourth-order valence-corrected chi connectivity index (χ4v) is 4.83. The van der Waals surface area contributed by atoms with E-state index in [1.807, 2.05) is 20.8 Å². The summed E-state index contributed by atoms with van der Waals surface area (Å²) in [5.74, 6) is 0.267. The third kappa shape index (κ3) is 5.59. The third-order valence-corrected chi connectivity index (χ3v) is 6.14. The van der Waals surface area contributed by atoms with E-state index in [-0.39, 0.29) is 30.1 Å². The van der Waals surface area contributed by atoms with E-state index >= 15 is 0 Å². The van der Waals surface area contributed by atoms with Gasteiger partial charge in [0, 0.05) is 24.7 Å². The lowest BCUT2D eigenvalue weighted by atomic mass is 9.89. The number of hydrogen-bond donors (Lipinski definition) is 2. The van der Waals surface area contributed by atoms with Gasteiger partial charge >= 0.3 is 6.09 Å². The van der Waals surface area contributed by atoms with Crippen molar-refractivity contribution in [3.05, 3.63) is 0 Å². The van der Waals surface area contributed by atoms with Gasteiger partial charge in [0.05, 0.1) is 6.04 Å². The average molecular weight is 380 g/mol. The average Bonchev–Trinajstić information content (AvgIpc) is 2.96. The van der Waals surface area contributed by atoms with E-state index < -0.39 is 5.60 Å². The molecule has 3 rings (SSSR count). The highest BCUT2D eigenvalue weighted by molar-refractivity contribution is 5.84. The van der Waals surface area contributed by atoms with Crippen LogP contribution in [0.1, 0.15) is 85.0 Å². The van der Waals surface area contributed by atoms with E-state index in [0.717, 1.165) is 51.5 Å². The molecule has 1 unspecified atom stereocenters. The largest absolute Gasteiger partial charge is 0.444 e. The minimum Gasteiger partial charge on any atom is -0.444 e. The maximum absolute atomic E-state index is 12.9. The first kappa shape index (κ1) is 20.4. The van der Waals surface area contributed by atoms with Crippen molar-refractivity contribution in [1.29, 1.82) is 0 Å². The Labute approximate surface area is 163 Å². The summed E-state index contributed by atoms with van der Waals surface area (Å²) in [5.41, 5.74) is -0.496. The molecule has 1 saturated heterocycles. The SMILES string of the molecule is CC(C)(C)OC(=O)N[C@@H]1CCCC[C@H]1NC1CCN(C2CCCCC2)C1=O. The van der Waals surface area contributed by atoms with Gasteiger partial charge in [-0.2, -0.15) is 0 Å². The number of hydrogen-bond acceptors (Lipinski definition) is 4. The summed E-state index contributed by atoms with van der Waals surface area (Å²) >= 11 is 0. The minimum absolute atomic E-state index is 0.0325. The lowest BCUT2D eigenvalue weighted by Gasteiger charge is -2.35. The highest BCUT2D eigenvalue weighted by Crippen LogP contribution is 2.28. The van der Waals surface area contributed by atoms with Crippen molar-refractivity contribution in [2.45, 2.75) is 115 Å². The van der Waals surface area contributed by atoms with Crippen LogP contribution in [0.25, 0.3) is 0 Å². The molecule has 3 atom stereocenters. The Balaban J connectivity index is 1.54. The lowest BCUT2D eigenvalue weighted by molar-refractivity contribution is -0.132. The number of alkyl carbamates (subject to hydrolysis) is 1. The van der Waals surface area contributed by atoms with Crippen LogP contribution in [0.4, 0.5) is 4.79 Å². The molecule has 2 aliphatic carbocycles. The van der Waals surface area contributed by atoms with E-state index in [0.29, 0.717) is 6.04 Å². The zero-order valence-corrected chi connectivity index (χ0v) is 17.3. The van der Waals surface area contributed by atoms with Crippen LogP contribution in [-0.2, 0) is 9.53 Å². The Kier molecular flexibility index (Phi) is 6.66. The Morgan fingerprint density at radius 1 is 0.963 bits per heavy atom. The van der Waals surface area contributed by atoms with E-state index in [9.17, 15) is 9.59 Å². The van der Waals surface area contributed by atoms with Crippen molar-refractivity contribution < 1.29 is 14.3 Å². The molecule has 3 fully saturated rings. The maximum Gasteiger partial charge on any atom is 0.407 e. The van der Waals surface area contributed by atoms with Crippen molar-refractivity contribution in [2.24, 2.45) is 0 Å². The molecule has 3 aliphatic rings. The van der Waals surface area contributed by atoms with Gasteiger partial charge < -0.3 is 20.3 Å². The predicted molar refractivity (Wildman–Crippen MR) is 106 cm³/mol. The van der Waals surface area contributed by atoms with Crippen LogP contribution in [0.3, 0.4) is 0 Å². The summed E-state index contributed by atoms with van der Waals surface area (Å²) in [5, 5.41) is 6.63. The van der Waals surface area contributed by atoms with Crippen molar-refractivity contribution in [3.63, 3.8) is 0 Å². The molecule has 2 N–H and O–H groups in total. The summed E-state index contributed by atoms with van der Waals surface area (Å²) in [7, 11) is 0. The van der Waals surface area contributed by atoms with Gasteiger partial charge in [-0.3, -0.25) is 4.79 Å². The van der Waals surface area contributed by atoms with Crippen LogP contribution in [-0.4, -0.2) is 53.2 Å². The molecule has 1 aliphatic heterocycles. The quantitative estimate of drug-likeness (QED) is 0.786. The van der Waals surface area contributed by atoms with Crippen LogP contribution in [0.5, 0.6) is 0 Å². The first-order valence-electron chi connectivity index (χ1n) is 10.9. The standard InChI is InChI=1S/C21H37N3O3/c1-21(2,3)27-20(26)23-17-12-8-7-11-16(17)22-18-13-14-24(19(18)25)15-9-5-4-6-10-15/h15-18,22H,4-14H2,1-3H3,(H,23,26)/t16-,17-,18?/m1/s1. The van der Waals surface area contributed by atoms with E-state index in [2.05, 4.69) is 15.5 Å². The molecular formula is C21H37N3O3. The molecule has 154 valence electrons. The normalized spacial score (nSPS) is 30.4. The predicted octanol–water partition coefficient (Wildman–Crippen LogP) is 3.35. The molecular weight excluding hydrogens is 342 g/mol. The van der Waals surface area contributed by atoms with Gasteiger partial charge in [0.1, 0.15) is 5.60 Å². The zero-order valence-electron chi connectivity index (χ0n) is 17.3. The highest BCUT2D eigenvalue weighted by Gasteiger charge is 2.39. The summed E-state index contributed by atoms with van der Waals surface area (Å²) in [6.45, 7) is 6.50. The summed E-state index contributed by atoms with van der Waals surface area (Å²) < 4.78 is 5.42. The Hall–Kier alpha value is -1.30. The molecule has 27 heavy (non-hydrogen) atoms. The van der Waals surface area contributed by atoms with Crippen molar-refractivity contribution in [3.8, 4) is 0 Å². The molecule has 0 aromatic carbocycles. The van der Waals surface area contributed by atoms with Gasteiger partial charge in [-0.05, 0) is 52.9 Å². The fourth-order valence-electron chi connectivity index (χ4n) is 4.83. The second-order valence-corrected chi connectivity index (χ2v) is 9.48. The number of rotatable bonds is 4. The molecule has 2 saturated carbocycles. The van der Waals surface area contributed by atoms with Crippen LogP contribution in [0.2, 0.25) is 0 Å². The number of likely N-dealkylation sites (tertiary alicyclic amines) is 1. The third-order valence-electron chi connectivity index (χ3n) is 6.14. The van der Waals surface area contributed by atoms with Gasteiger partial charge in [-0.15, -0.1) is 0 Å². The van der Waals surface area contributed by atoms with Gasteiger partial charge in [0.2, 0.25) is 5.91 Å². The topological polar surface area (TPSA) is 70.7 Å². The van der Waals surface area contributed by atoms with E-state index in [1.165, 1.54) is 19.3 Å². The second kappa shape index (κ2) is 8.80. The van der Waals surface area contributed by atoms with Gasteiger partial charge in [0.15, 0.2) is 0 Å². The minimum atomic E-state index is -0.496. The lowest BCUT2D eigenvalue weighted by Crippen LogP contribution is -2.56. The Bertz CT molecular complexity index is 525. The molecule has 0 aromatic heterocycles. The van der Waals surface area contributed by atoms with Crippen LogP contribution >= 0.6 is 0 Å². The Morgan fingerprint density at radius 2 is 1.59 bits per heavy atom. The summed E-state index contributed by atoms with van der Waals surface area (Å²) in [6.07, 6.45) is 10.8. The number of amides is 2. The molecule has 0 spiro atoms. The molecule has 0 aromatic rings. The van der Waals surface area contributed by atoms with E-state index in [4.69, 9.17) is 4.74 Å². The zero-order chi connectivity index (χ0) is 19.4. The molecule has 0 bridgehead atoms. The number of ether oxygens (including phenoxy) is 1. The number of carbonyl (C=O) groups is 2. The first-order chi connectivity index (χ1) is 12.8. The van der Waals surface area contributed by atoms with E-state index in [1.54, 1.807) is 0 Å². The monoisotopic (exact) mass is 379 g/mol. The van der Waals surface area contributed by atoms with Crippen LogP contribution < -0.4 is 10.6 Å². The Morgan fingerprint density at radius 3 is 2.26 bits per heavy atom. The number of carbonyl (C=O) groups excluding carboxylic acids is 2. The highest BCUT2D eigenvalue weighted by atomic mass is 16.6. The van der Waals surface area contributed by atoms with Gasteiger partial charge in [-0.25, -0.2) is 4.79 Å². The molecule has 2 amide bonds.